The third-order valence-electron chi connectivity index (χ3n) is 3.26. The summed E-state index contributed by atoms with van der Waals surface area (Å²) in [6, 6.07) is 8.92. The first kappa shape index (κ1) is 18.8. The molecule has 0 heterocycles. The highest BCUT2D eigenvalue weighted by Gasteiger charge is 2.13. The Hall–Kier alpha value is -2.54. The molecule has 0 bridgehead atoms. The van der Waals surface area contributed by atoms with Gasteiger partial charge in [0, 0.05) is 12.1 Å². The molecule has 0 atom stereocenters. The van der Waals surface area contributed by atoms with E-state index < -0.39 is 6.61 Å². The van der Waals surface area contributed by atoms with Crippen molar-refractivity contribution in [2.24, 2.45) is 0 Å². The van der Waals surface area contributed by atoms with E-state index in [9.17, 15) is 13.6 Å². The van der Waals surface area contributed by atoms with Gasteiger partial charge < -0.3 is 19.5 Å². The van der Waals surface area contributed by atoms with Crippen molar-refractivity contribution in [3.05, 3.63) is 47.0 Å². The van der Waals surface area contributed by atoms with Gasteiger partial charge in [-0.05, 0) is 17.7 Å². The maximum atomic E-state index is 12.2. The summed E-state index contributed by atoms with van der Waals surface area (Å²) < 4.78 is 38.8. The van der Waals surface area contributed by atoms with Gasteiger partial charge in [-0.1, -0.05) is 23.7 Å². The van der Waals surface area contributed by atoms with Gasteiger partial charge in [-0.15, -0.1) is 0 Å². The maximum absolute atomic E-state index is 12.2. The van der Waals surface area contributed by atoms with Crippen LogP contribution in [0.1, 0.15) is 5.56 Å². The second kappa shape index (κ2) is 8.53. The normalized spacial score (nSPS) is 10.5. The van der Waals surface area contributed by atoms with E-state index >= 15 is 0 Å². The predicted molar refractivity (Wildman–Crippen MR) is 90.0 cm³/mol. The molecule has 0 saturated heterocycles. The molecular weight excluding hydrogens is 356 g/mol. The lowest BCUT2D eigenvalue weighted by molar-refractivity contribution is -0.115. The fourth-order valence-corrected chi connectivity index (χ4v) is 2.36. The van der Waals surface area contributed by atoms with Crippen molar-refractivity contribution in [3.8, 4) is 17.2 Å². The minimum Gasteiger partial charge on any atom is -0.495 e. The molecule has 25 heavy (non-hydrogen) atoms. The maximum Gasteiger partial charge on any atom is 0.387 e. The molecule has 0 saturated carbocycles. The van der Waals surface area contributed by atoms with E-state index in [1.807, 2.05) is 0 Å². The SMILES string of the molecule is COc1cc(NC(=O)Cc2ccc(OC(F)F)cc2)c(OC)cc1Cl. The predicted octanol–water partition coefficient (Wildman–Crippen LogP) is 4.14. The number of hydrogen-bond acceptors (Lipinski definition) is 4. The van der Waals surface area contributed by atoms with Crippen molar-refractivity contribution in [1.29, 1.82) is 0 Å². The van der Waals surface area contributed by atoms with Gasteiger partial charge >= 0.3 is 6.61 Å². The molecule has 2 aromatic rings. The Morgan fingerprint density at radius 1 is 1.12 bits per heavy atom. The van der Waals surface area contributed by atoms with Crippen LogP contribution in [0.4, 0.5) is 14.5 Å². The van der Waals surface area contributed by atoms with Gasteiger partial charge in [-0.3, -0.25) is 4.79 Å². The van der Waals surface area contributed by atoms with Crippen LogP contribution in [-0.4, -0.2) is 26.7 Å². The Kier molecular flexibility index (Phi) is 6.41. The van der Waals surface area contributed by atoms with Gasteiger partial charge in [-0.2, -0.15) is 8.78 Å². The zero-order chi connectivity index (χ0) is 18.4. The molecule has 5 nitrogen and oxygen atoms in total. The number of nitrogens with one attached hydrogen (secondary N) is 1. The average Bonchev–Trinajstić information content (AvgIpc) is 2.57. The van der Waals surface area contributed by atoms with Gasteiger partial charge in [0.2, 0.25) is 5.91 Å². The van der Waals surface area contributed by atoms with Gasteiger partial charge in [0.25, 0.3) is 0 Å². The summed E-state index contributed by atoms with van der Waals surface area (Å²) in [7, 11) is 2.91. The number of carbonyl (C=O) groups excluding carboxylic acids is 1. The first-order chi connectivity index (χ1) is 11.9. The highest BCUT2D eigenvalue weighted by molar-refractivity contribution is 6.32. The summed E-state index contributed by atoms with van der Waals surface area (Å²) in [5.74, 6) is 0.500. The fraction of sp³-hybridized carbons (Fsp3) is 0.235. The standard InChI is InChI=1S/C17H16ClF2NO4/c1-23-14-9-13(15(24-2)8-12(14)18)21-16(22)7-10-3-5-11(6-4-10)25-17(19)20/h3-6,8-9,17H,7H2,1-2H3,(H,21,22). The van der Waals surface area contributed by atoms with E-state index in [-0.39, 0.29) is 18.1 Å². The van der Waals surface area contributed by atoms with Crippen molar-refractivity contribution in [3.63, 3.8) is 0 Å². The smallest absolute Gasteiger partial charge is 0.387 e. The topological polar surface area (TPSA) is 56.8 Å². The van der Waals surface area contributed by atoms with Crippen LogP contribution in [0, 0.1) is 0 Å². The summed E-state index contributed by atoms with van der Waals surface area (Å²) in [5.41, 5.74) is 1.05. The van der Waals surface area contributed by atoms with E-state index in [1.54, 1.807) is 6.07 Å². The Morgan fingerprint density at radius 3 is 2.32 bits per heavy atom. The number of rotatable bonds is 7. The van der Waals surface area contributed by atoms with Crippen molar-refractivity contribution >= 4 is 23.2 Å². The van der Waals surface area contributed by atoms with Gasteiger partial charge in [0.1, 0.15) is 17.2 Å². The molecular formula is C17H16ClF2NO4. The molecule has 0 unspecified atom stereocenters. The molecule has 0 aliphatic carbocycles. The molecule has 1 amide bonds. The molecule has 0 aliphatic rings. The van der Waals surface area contributed by atoms with Crippen molar-refractivity contribution in [2.45, 2.75) is 13.0 Å². The lowest BCUT2D eigenvalue weighted by Crippen LogP contribution is -2.15. The zero-order valence-corrected chi connectivity index (χ0v) is 14.3. The Morgan fingerprint density at radius 2 is 1.76 bits per heavy atom. The van der Waals surface area contributed by atoms with Crippen LogP contribution in [0.25, 0.3) is 0 Å². The highest BCUT2D eigenvalue weighted by atomic mass is 35.5. The number of carbonyl (C=O) groups is 1. The van der Waals surface area contributed by atoms with Crippen LogP contribution in [0.5, 0.6) is 17.2 Å². The molecule has 8 heteroatoms. The molecule has 0 spiro atoms. The summed E-state index contributed by atoms with van der Waals surface area (Å²) in [5, 5.41) is 3.06. The fourth-order valence-electron chi connectivity index (χ4n) is 2.13. The molecule has 2 rings (SSSR count). The highest BCUT2D eigenvalue weighted by Crippen LogP contribution is 2.35. The lowest BCUT2D eigenvalue weighted by Gasteiger charge is -2.13. The second-order valence-corrected chi connectivity index (χ2v) is 5.34. The summed E-state index contributed by atoms with van der Waals surface area (Å²) in [4.78, 5) is 12.2. The van der Waals surface area contributed by atoms with Crippen molar-refractivity contribution in [2.75, 3.05) is 19.5 Å². The average molecular weight is 372 g/mol. The molecule has 0 aliphatic heterocycles. The molecule has 0 fully saturated rings. The molecule has 2 aromatic carbocycles. The monoisotopic (exact) mass is 371 g/mol. The second-order valence-electron chi connectivity index (χ2n) is 4.93. The largest absolute Gasteiger partial charge is 0.495 e. The molecule has 134 valence electrons. The van der Waals surface area contributed by atoms with Gasteiger partial charge in [-0.25, -0.2) is 0 Å². The summed E-state index contributed by atoms with van der Waals surface area (Å²) in [6.45, 7) is -2.89. The van der Waals surface area contributed by atoms with Crippen molar-refractivity contribution in [1.82, 2.24) is 0 Å². The van der Waals surface area contributed by atoms with E-state index in [1.165, 1.54) is 44.6 Å². The Labute approximate surface area is 148 Å². The lowest BCUT2D eigenvalue weighted by atomic mass is 10.1. The van der Waals surface area contributed by atoms with Crippen LogP contribution in [0.15, 0.2) is 36.4 Å². The van der Waals surface area contributed by atoms with Crippen molar-refractivity contribution < 1.29 is 27.8 Å². The van der Waals surface area contributed by atoms with E-state index in [0.29, 0.717) is 27.8 Å². The zero-order valence-electron chi connectivity index (χ0n) is 13.5. The van der Waals surface area contributed by atoms with Gasteiger partial charge in [0.05, 0.1) is 31.4 Å². The first-order valence-electron chi connectivity index (χ1n) is 7.18. The number of alkyl halides is 2. The Bertz CT molecular complexity index is 738. The van der Waals surface area contributed by atoms with E-state index in [0.717, 1.165) is 0 Å². The summed E-state index contributed by atoms with van der Waals surface area (Å²) in [6.07, 6.45) is 0.0447. The third-order valence-corrected chi connectivity index (χ3v) is 3.56. The first-order valence-corrected chi connectivity index (χ1v) is 7.56. The van der Waals surface area contributed by atoms with Crippen LogP contribution >= 0.6 is 11.6 Å². The van der Waals surface area contributed by atoms with Crippen LogP contribution in [0.3, 0.4) is 0 Å². The van der Waals surface area contributed by atoms with Crippen LogP contribution in [0.2, 0.25) is 5.02 Å². The minimum atomic E-state index is -2.89. The summed E-state index contributed by atoms with van der Waals surface area (Å²) >= 11 is 6.01. The Balaban J connectivity index is 2.07. The number of amides is 1. The van der Waals surface area contributed by atoms with Crippen LogP contribution < -0.4 is 19.5 Å². The number of hydrogen-bond donors (Lipinski definition) is 1. The number of halogens is 3. The molecule has 0 radical (unpaired) electrons. The number of ether oxygens (including phenoxy) is 3. The number of methoxy groups -OCH3 is 2. The van der Waals surface area contributed by atoms with E-state index in [2.05, 4.69) is 10.1 Å². The van der Waals surface area contributed by atoms with Gasteiger partial charge in [0.15, 0.2) is 0 Å². The third kappa shape index (κ3) is 5.22. The van der Waals surface area contributed by atoms with E-state index in [4.69, 9.17) is 21.1 Å². The molecule has 1 N–H and O–H groups in total. The minimum absolute atomic E-state index is 0.0308. The number of benzene rings is 2. The number of anilines is 1. The quantitative estimate of drug-likeness (QED) is 0.794. The van der Waals surface area contributed by atoms with Crippen LogP contribution in [-0.2, 0) is 11.2 Å². The molecule has 0 aromatic heterocycles.